The molecule has 0 aromatic rings. The van der Waals surface area contributed by atoms with E-state index in [1.54, 1.807) is 0 Å². The molecule has 0 spiro atoms. The number of rotatable bonds is 10. The molecule has 0 saturated heterocycles. The molecule has 4 N–H and O–H groups in total. The van der Waals surface area contributed by atoms with E-state index in [2.05, 4.69) is 10.5 Å². The van der Waals surface area contributed by atoms with Crippen LogP contribution in [0.5, 0.6) is 0 Å². The van der Waals surface area contributed by atoms with Crippen molar-refractivity contribution in [2.24, 2.45) is 22.2 Å². The second-order valence-corrected chi connectivity index (χ2v) is 5.82. The van der Waals surface area contributed by atoms with Crippen molar-refractivity contribution < 1.29 is 9.94 Å². The first-order valence-electron chi connectivity index (χ1n) is 6.99. The van der Waals surface area contributed by atoms with Crippen LogP contribution in [0.3, 0.4) is 0 Å². The highest BCUT2D eigenvalue weighted by Crippen LogP contribution is 2.48. The van der Waals surface area contributed by atoms with Crippen LogP contribution in [0, 0.1) is 11.3 Å². The zero-order valence-electron chi connectivity index (χ0n) is 11.0. The first-order chi connectivity index (χ1) is 8.74. The van der Waals surface area contributed by atoms with E-state index < -0.39 is 0 Å². The SMILES string of the molecule is NC(CC1(CNCCCOCC2CC2)CC1)=NO. The van der Waals surface area contributed by atoms with Crippen molar-refractivity contribution in [3.8, 4) is 0 Å². The molecule has 0 bridgehead atoms. The summed E-state index contributed by atoms with van der Waals surface area (Å²) >= 11 is 0. The minimum atomic E-state index is 0.255. The van der Waals surface area contributed by atoms with Gasteiger partial charge in [-0.2, -0.15) is 0 Å². The minimum absolute atomic E-state index is 0.255. The fraction of sp³-hybridized carbons (Fsp3) is 0.923. The first kappa shape index (κ1) is 13.6. The van der Waals surface area contributed by atoms with E-state index in [0.29, 0.717) is 12.3 Å². The molecule has 0 aliphatic heterocycles. The molecule has 5 nitrogen and oxygen atoms in total. The molecule has 2 saturated carbocycles. The molecule has 0 amide bonds. The lowest BCUT2D eigenvalue weighted by molar-refractivity contribution is 0.122. The first-order valence-corrected chi connectivity index (χ1v) is 6.99. The van der Waals surface area contributed by atoms with Crippen molar-refractivity contribution >= 4 is 5.84 Å². The van der Waals surface area contributed by atoms with Crippen molar-refractivity contribution in [2.45, 2.75) is 38.5 Å². The van der Waals surface area contributed by atoms with Crippen LogP contribution < -0.4 is 11.1 Å². The number of oxime groups is 1. The van der Waals surface area contributed by atoms with Crippen LogP contribution in [0.2, 0.25) is 0 Å². The van der Waals surface area contributed by atoms with E-state index in [1.165, 1.54) is 25.7 Å². The highest BCUT2D eigenvalue weighted by atomic mass is 16.5. The number of amidine groups is 1. The summed E-state index contributed by atoms with van der Waals surface area (Å²) in [7, 11) is 0. The van der Waals surface area contributed by atoms with Gasteiger partial charge in [-0.1, -0.05) is 5.16 Å². The summed E-state index contributed by atoms with van der Waals surface area (Å²) in [4.78, 5) is 0. The molecule has 5 heteroatoms. The van der Waals surface area contributed by atoms with Gasteiger partial charge in [0.05, 0.1) is 0 Å². The van der Waals surface area contributed by atoms with E-state index in [4.69, 9.17) is 15.7 Å². The zero-order valence-corrected chi connectivity index (χ0v) is 11.0. The van der Waals surface area contributed by atoms with Crippen molar-refractivity contribution in [2.75, 3.05) is 26.3 Å². The van der Waals surface area contributed by atoms with Gasteiger partial charge in [-0.25, -0.2) is 0 Å². The van der Waals surface area contributed by atoms with Gasteiger partial charge < -0.3 is 21.0 Å². The normalized spacial score (nSPS) is 22.1. The third-order valence-corrected chi connectivity index (χ3v) is 3.83. The Balaban J connectivity index is 1.44. The molecule has 2 aliphatic carbocycles. The van der Waals surface area contributed by atoms with Crippen LogP contribution in [-0.2, 0) is 4.74 Å². The van der Waals surface area contributed by atoms with Gasteiger partial charge in [0.2, 0.25) is 0 Å². The zero-order chi connectivity index (χ0) is 12.8. The van der Waals surface area contributed by atoms with Gasteiger partial charge in [0, 0.05) is 26.2 Å². The fourth-order valence-corrected chi connectivity index (χ4v) is 2.20. The van der Waals surface area contributed by atoms with Crippen molar-refractivity contribution in [3.05, 3.63) is 0 Å². The summed E-state index contributed by atoms with van der Waals surface area (Å²) in [5, 5.41) is 15.1. The van der Waals surface area contributed by atoms with Gasteiger partial charge in [-0.3, -0.25) is 0 Å². The number of nitrogens with two attached hydrogens (primary N) is 1. The Hall–Kier alpha value is -0.810. The number of hydrogen-bond donors (Lipinski definition) is 3. The Morgan fingerprint density at radius 3 is 2.83 bits per heavy atom. The molecule has 2 fully saturated rings. The molecule has 18 heavy (non-hydrogen) atoms. The largest absolute Gasteiger partial charge is 0.409 e. The maximum atomic E-state index is 8.57. The van der Waals surface area contributed by atoms with E-state index in [9.17, 15) is 0 Å². The fourth-order valence-electron chi connectivity index (χ4n) is 2.20. The molecule has 0 aromatic carbocycles. The number of hydrogen-bond acceptors (Lipinski definition) is 4. The van der Waals surface area contributed by atoms with Gasteiger partial charge in [0.1, 0.15) is 5.84 Å². The van der Waals surface area contributed by atoms with E-state index in [-0.39, 0.29) is 5.41 Å². The second-order valence-electron chi connectivity index (χ2n) is 5.82. The predicted octanol–water partition coefficient (Wildman–Crippen LogP) is 1.31. The average Bonchev–Trinajstić information content (AvgIpc) is 3.25. The molecule has 104 valence electrons. The molecule has 0 atom stereocenters. The predicted molar refractivity (Wildman–Crippen MR) is 70.7 cm³/mol. The third kappa shape index (κ3) is 4.82. The van der Waals surface area contributed by atoms with Crippen LogP contribution in [0.1, 0.15) is 38.5 Å². The van der Waals surface area contributed by atoms with Crippen LogP contribution in [0.4, 0.5) is 0 Å². The Morgan fingerprint density at radius 1 is 1.44 bits per heavy atom. The Morgan fingerprint density at radius 2 is 2.22 bits per heavy atom. The highest BCUT2D eigenvalue weighted by molar-refractivity contribution is 5.80. The molecule has 2 aliphatic rings. The van der Waals surface area contributed by atoms with Gasteiger partial charge in [0.15, 0.2) is 0 Å². The quantitative estimate of drug-likeness (QED) is 0.181. The lowest BCUT2D eigenvalue weighted by atomic mass is 10.0. The number of nitrogens with one attached hydrogen (secondary N) is 1. The average molecular weight is 255 g/mol. The standard InChI is InChI=1S/C13H25N3O2/c14-12(16-17)8-13(4-5-13)10-15-6-1-7-18-9-11-2-3-11/h11,15,17H,1-10H2,(H2,14,16). The van der Waals surface area contributed by atoms with Gasteiger partial charge in [0.25, 0.3) is 0 Å². The molecule has 0 aromatic heterocycles. The van der Waals surface area contributed by atoms with Crippen molar-refractivity contribution in [3.63, 3.8) is 0 Å². The lowest BCUT2D eigenvalue weighted by Crippen LogP contribution is -2.29. The third-order valence-electron chi connectivity index (χ3n) is 3.83. The molecular formula is C13H25N3O2. The summed E-state index contributed by atoms with van der Waals surface area (Å²) in [6, 6.07) is 0. The molecule has 2 rings (SSSR count). The highest BCUT2D eigenvalue weighted by Gasteiger charge is 2.42. The topological polar surface area (TPSA) is 79.9 Å². The van der Waals surface area contributed by atoms with E-state index in [0.717, 1.165) is 38.6 Å². The van der Waals surface area contributed by atoms with E-state index in [1.807, 2.05) is 0 Å². The summed E-state index contributed by atoms with van der Waals surface area (Å²) < 4.78 is 5.58. The van der Waals surface area contributed by atoms with Crippen molar-refractivity contribution in [1.29, 1.82) is 0 Å². The number of nitrogens with zero attached hydrogens (tertiary/aromatic N) is 1. The summed E-state index contributed by atoms with van der Waals surface area (Å²) in [5.74, 6) is 1.20. The van der Waals surface area contributed by atoms with Gasteiger partial charge in [-0.15, -0.1) is 0 Å². The van der Waals surface area contributed by atoms with Crippen LogP contribution in [-0.4, -0.2) is 37.3 Å². The Bertz CT molecular complexity index is 286. The van der Waals surface area contributed by atoms with E-state index >= 15 is 0 Å². The van der Waals surface area contributed by atoms with Crippen molar-refractivity contribution in [1.82, 2.24) is 5.32 Å². The van der Waals surface area contributed by atoms with Gasteiger partial charge in [-0.05, 0) is 50.0 Å². The second kappa shape index (κ2) is 6.38. The monoisotopic (exact) mass is 255 g/mol. The smallest absolute Gasteiger partial charge is 0.139 e. The summed E-state index contributed by atoms with van der Waals surface area (Å²) in [6.07, 6.45) is 6.83. The van der Waals surface area contributed by atoms with Gasteiger partial charge >= 0.3 is 0 Å². The maximum Gasteiger partial charge on any atom is 0.139 e. The maximum absolute atomic E-state index is 8.57. The lowest BCUT2D eigenvalue weighted by Gasteiger charge is -2.15. The summed E-state index contributed by atoms with van der Waals surface area (Å²) in [6.45, 7) is 3.76. The van der Waals surface area contributed by atoms with Crippen LogP contribution in [0.15, 0.2) is 5.16 Å². The van der Waals surface area contributed by atoms with Crippen LogP contribution >= 0.6 is 0 Å². The molecular weight excluding hydrogens is 230 g/mol. The Labute approximate surface area is 109 Å². The molecule has 0 radical (unpaired) electrons. The summed E-state index contributed by atoms with van der Waals surface area (Å²) in [5.41, 5.74) is 5.81. The Kier molecular flexibility index (Phi) is 4.83. The minimum Gasteiger partial charge on any atom is -0.409 e. The molecule has 0 heterocycles. The number of ether oxygens (including phenoxy) is 1. The van der Waals surface area contributed by atoms with Crippen LogP contribution in [0.25, 0.3) is 0 Å². The molecule has 0 unspecified atom stereocenters.